The fourth-order valence-electron chi connectivity index (χ4n) is 2.60. The Kier molecular flexibility index (Phi) is 2.51. The quantitative estimate of drug-likeness (QED) is 0.697. The zero-order chi connectivity index (χ0) is 12.7. The first kappa shape index (κ1) is 11.1. The minimum absolute atomic E-state index is 0.449. The topological polar surface area (TPSA) is 0 Å². The van der Waals surface area contributed by atoms with Crippen molar-refractivity contribution < 1.29 is 8.78 Å². The molecule has 0 spiro atoms. The summed E-state index contributed by atoms with van der Waals surface area (Å²) in [4.78, 5) is 0. The Bertz CT molecular complexity index is 640. The largest absolute Gasteiger partial charge is 0.207 e. The van der Waals surface area contributed by atoms with Gasteiger partial charge in [0.05, 0.1) is 0 Å². The minimum Gasteiger partial charge on any atom is -0.207 e. The lowest BCUT2D eigenvalue weighted by Gasteiger charge is -2.07. The van der Waals surface area contributed by atoms with E-state index in [2.05, 4.69) is 0 Å². The van der Waals surface area contributed by atoms with E-state index in [4.69, 9.17) is 0 Å². The molecule has 0 aliphatic heterocycles. The fraction of sp³-hybridized carbons (Fsp3) is 0.125. The molecular weight excluding hydrogens is 230 g/mol. The summed E-state index contributed by atoms with van der Waals surface area (Å²) >= 11 is 0. The molecule has 0 bridgehead atoms. The Balaban J connectivity index is 2.23. The van der Waals surface area contributed by atoms with Gasteiger partial charge in [-0.1, -0.05) is 35.9 Å². The summed E-state index contributed by atoms with van der Waals surface area (Å²) in [6.45, 7) is 1.97. The van der Waals surface area contributed by atoms with Crippen LogP contribution in [0.1, 0.15) is 23.6 Å². The normalized spacial score (nSPS) is 13.9. The predicted octanol–water partition coefficient (Wildman–Crippen LogP) is 4.34. The minimum atomic E-state index is -0.519. The van der Waals surface area contributed by atoms with Crippen LogP contribution in [0.5, 0.6) is 0 Å². The van der Waals surface area contributed by atoms with Gasteiger partial charge in [0.15, 0.2) is 0 Å². The molecule has 90 valence electrons. The molecule has 2 heteroatoms. The van der Waals surface area contributed by atoms with Gasteiger partial charge in [0.2, 0.25) is 0 Å². The van der Waals surface area contributed by atoms with E-state index in [9.17, 15) is 8.78 Å². The van der Waals surface area contributed by atoms with E-state index in [-0.39, 0.29) is 0 Å². The monoisotopic (exact) mass is 242 g/mol. The SMILES string of the molecule is CC1=C(c2ccccc2)c2cc(F)cc(F)c2C1. The molecule has 0 N–H and O–H groups in total. The van der Waals surface area contributed by atoms with Crippen molar-refractivity contribution in [2.24, 2.45) is 0 Å². The lowest BCUT2D eigenvalue weighted by atomic mass is 9.98. The smallest absolute Gasteiger partial charge is 0.130 e. The van der Waals surface area contributed by atoms with Gasteiger partial charge in [0.25, 0.3) is 0 Å². The molecule has 0 fully saturated rings. The third-order valence-corrected chi connectivity index (χ3v) is 3.36. The molecule has 3 rings (SSSR count). The van der Waals surface area contributed by atoms with Gasteiger partial charge in [0.1, 0.15) is 11.6 Å². The van der Waals surface area contributed by atoms with Crippen molar-refractivity contribution in [1.82, 2.24) is 0 Å². The van der Waals surface area contributed by atoms with Crippen LogP contribution in [0.25, 0.3) is 5.57 Å². The first-order chi connectivity index (χ1) is 8.66. The number of allylic oxidation sites excluding steroid dienone is 1. The van der Waals surface area contributed by atoms with Crippen LogP contribution in [0.15, 0.2) is 48.0 Å². The summed E-state index contributed by atoms with van der Waals surface area (Å²) in [5.41, 5.74) is 4.35. The Morgan fingerprint density at radius 3 is 2.44 bits per heavy atom. The molecular formula is C16H12F2. The van der Waals surface area contributed by atoms with Crippen molar-refractivity contribution in [3.05, 3.63) is 76.4 Å². The Morgan fingerprint density at radius 2 is 1.72 bits per heavy atom. The van der Waals surface area contributed by atoms with E-state index in [0.29, 0.717) is 17.5 Å². The molecule has 0 atom stereocenters. The maximum atomic E-state index is 13.7. The van der Waals surface area contributed by atoms with Crippen LogP contribution in [0.4, 0.5) is 8.78 Å². The second kappa shape index (κ2) is 4.05. The zero-order valence-electron chi connectivity index (χ0n) is 10.0. The summed E-state index contributed by atoms with van der Waals surface area (Å²) in [6, 6.07) is 12.1. The number of rotatable bonds is 1. The second-order valence-electron chi connectivity index (χ2n) is 4.61. The highest BCUT2D eigenvalue weighted by molar-refractivity contribution is 5.87. The first-order valence-electron chi connectivity index (χ1n) is 5.90. The highest BCUT2D eigenvalue weighted by Crippen LogP contribution is 2.38. The van der Waals surface area contributed by atoms with Crippen LogP contribution in [0.2, 0.25) is 0 Å². The van der Waals surface area contributed by atoms with Gasteiger partial charge in [-0.3, -0.25) is 0 Å². The highest BCUT2D eigenvalue weighted by atomic mass is 19.1. The molecule has 18 heavy (non-hydrogen) atoms. The molecule has 2 aromatic rings. The molecule has 0 heterocycles. The van der Waals surface area contributed by atoms with Crippen molar-refractivity contribution in [2.75, 3.05) is 0 Å². The van der Waals surface area contributed by atoms with E-state index in [1.165, 1.54) is 6.07 Å². The van der Waals surface area contributed by atoms with Crippen LogP contribution in [0.3, 0.4) is 0 Å². The fourth-order valence-corrected chi connectivity index (χ4v) is 2.60. The first-order valence-corrected chi connectivity index (χ1v) is 5.90. The summed E-state index contributed by atoms with van der Waals surface area (Å²) in [7, 11) is 0. The van der Waals surface area contributed by atoms with Crippen LogP contribution in [-0.2, 0) is 6.42 Å². The van der Waals surface area contributed by atoms with Gasteiger partial charge in [-0.15, -0.1) is 0 Å². The van der Waals surface area contributed by atoms with Crippen molar-refractivity contribution in [1.29, 1.82) is 0 Å². The maximum absolute atomic E-state index is 13.7. The van der Waals surface area contributed by atoms with Crippen LogP contribution < -0.4 is 0 Å². The predicted molar refractivity (Wildman–Crippen MR) is 68.2 cm³/mol. The Hall–Kier alpha value is -1.96. The number of fused-ring (bicyclic) bond motifs is 1. The van der Waals surface area contributed by atoms with E-state index >= 15 is 0 Å². The molecule has 0 aromatic heterocycles. The standard InChI is InChI=1S/C16H12F2/c1-10-7-13-14(8-12(17)9-15(13)18)16(10)11-5-3-2-4-6-11/h2-6,8-9H,7H2,1H3. The summed E-state index contributed by atoms with van der Waals surface area (Å²) in [5.74, 6) is -0.968. The third-order valence-electron chi connectivity index (χ3n) is 3.36. The van der Waals surface area contributed by atoms with Crippen molar-refractivity contribution in [3.8, 4) is 0 Å². The van der Waals surface area contributed by atoms with E-state index in [1.807, 2.05) is 37.3 Å². The van der Waals surface area contributed by atoms with E-state index in [0.717, 1.165) is 22.8 Å². The molecule has 2 aromatic carbocycles. The van der Waals surface area contributed by atoms with Gasteiger partial charge in [-0.2, -0.15) is 0 Å². The van der Waals surface area contributed by atoms with Crippen molar-refractivity contribution in [2.45, 2.75) is 13.3 Å². The zero-order valence-corrected chi connectivity index (χ0v) is 10.0. The number of halogens is 2. The van der Waals surface area contributed by atoms with E-state index < -0.39 is 11.6 Å². The average Bonchev–Trinajstić information content (AvgIpc) is 2.67. The lowest BCUT2D eigenvalue weighted by Crippen LogP contribution is -1.93. The molecule has 0 amide bonds. The molecule has 0 radical (unpaired) electrons. The molecule has 1 aliphatic carbocycles. The van der Waals surface area contributed by atoms with Crippen LogP contribution >= 0.6 is 0 Å². The van der Waals surface area contributed by atoms with Crippen molar-refractivity contribution >= 4 is 5.57 Å². The molecule has 0 saturated heterocycles. The van der Waals surface area contributed by atoms with Gasteiger partial charge in [-0.05, 0) is 41.7 Å². The van der Waals surface area contributed by atoms with Crippen LogP contribution in [-0.4, -0.2) is 0 Å². The highest BCUT2D eigenvalue weighted by Gasteiger charge is 2.23. The molecule has 0 saturated carbocycles. The van der Waals surface area contributed by atoms with Gasteiger partial charge >= 0.3 is 0 Å². The molecule has 1 aliphatic rings. The summed E-state index contributed by atoms with van der Waals surface area (Å²) < 4.78 is 27.1. The summed E-state index contributed by atoms with van der Waals surface area (Å²) in [6.07, 6.45) is 0.561. The Labute approximate surface area is 105 Å². The van der Waals surface area contributed by atoms with Crippen molar-refractivity contribution in [3.63, 3.8) is 0 Å². The maximum Gasteiger partial charge on any atom is 0.130 e. The lowest BCUT2D eigenvalue weighted by molar-refractivity contribution is 0.575. The van der Waals surface area contributed by atoms with E-state index in [1.54, 1.807) is 0 Å². The molecule has 0 unspecified atom stereocenters. The average molecular weight is 242 g/mol. The molecule has 0 nitrogen and oxygen atoms in total. The van der Waals surface area contributed by atoms with Gasteiger partial charge in [-0.25, -0.2) is 8.78 Å². The number of benzene rings is 2. The Morgan fingerprint density at radius 1 is 1.00 bits per heavy atom. The summed E-state index contributed by atoms with van der Waals surface area (Å²) in [5, 5.41) is 0. The second-order valence-corrected chi connectivity index (χ2v) is 4.61. The van der Waals surface area contributed by atoms with Gasteiger partial charge in [0, 0.05) is 6.07 Å². The third kappa shape index (κ3) is 1.65. The van der Waals surface area contributed by atoms with Gasteiger partial charge < -0.3 is 0 Å². The van der Waals surface area contributed by atoms with Crippen LogP contribution in [0, 0.1) is 11.6 Å². The number of hydrogen-bond acceptors (Lipinski definition) is 0. The number of hydrogen-bond donors (Lipinski definition) is 0.